The first-order valence-electron chi connectivity index (χ1n) is 7.80. The van der Waals surface area contributed by atoms with Gasteiger partial charge in [-0.3, -0.25) is 4.79 Å². The van der Waals surface area contributed by atoms with Crippen molar-refractivity contribution in [2.75, 3.05) is 25.0 Å². The van der Waals surface area contributed by atoms with Gasteiger partial charge in [-0.15, -0.1) is 0 Å². The number of piperidine rings is 2. The summed E-state index contributed by atoms with van der Waals surface area (Å²) in [5.74, 6) is -0.0805. The number of rotatable bonds is 1. The van der Waals surface area contributed by atoms with Gasteiger partial charge in [-0.05, 0) is 57.4 Å². The molecular weight excluding hydrogens is 267 g/mol. The maximum absolute atomic E-state index is 13.9. The number of carbonyl (C=O) groups excluding carboxylic acids is 1. The summed E-state index contributed by atoms with van der Waals surface area (Å²) in [7, 11) is 2.12. The van der Waals surface area contributed by atoms with E-state index in [1.165, 1.54) is 6.07 Å². The fraction of sp³-hybridized carbons (Fsp3) is 0.588. The van der Waals surface area contributed by atoms with Gasteiger partial charge in [0.05, 0.1) is 5.54 Å². The molecule has 3 rings (SSSR count). The Bertz CT molecular complexity index is 550. The van der Waals surface area contributed by atoms with Crippen LogP contribution < -0.4 is 4.90 Å². The average molecular weight is 290 g/mol. The van der Waals surface area contributed by atoms with Crippen LogP contribution in [0.15, 0.2) is 18.2 Å². The van der Waals surface area contributed by atoms with Gasteiger partial charge < -0.3 is 9.80 Å². The quantitative estimate of drug-likeness (QED) is 0.793. The summed E-state index contributed by atoms with van der Waals surface area (Å²) in [6.07, 6.45) is 4.51. The Hall–Kier alpha value is -1.42. The number of hydrogen-bond acceptors (Lipinski definition) is 2. The number of likely N-dealkylation sites (tertiary alicyclic amines) is 1. The van der Waals surface area contributed by atoms with Crippen molar-refractivity contribution in [3.63, 3.8) is 0 Å². The highest BCUT2D eigenvalue weighted by atomic mass is 19.1. The van der Waals surface area contributed by atoms with Gasteiger partial charge in [0.15, 0.2) is 0 Å². The first-order chi connectivity index (χ1) is 10.0. The van der Waals surface area contributed by atoms with Crippen molar-refractivity contribution in [2.24, 2.45) is 0 Å². The molecule has 2 heterocycles. The van der Waals surface area contributed by atoms with Crippen molar-refractivity contribution in [3.05, 3.63) is 29.6 Å². The number of halogens is 1. The van der Waals surface area contributed by atoms with E-state index in [4.69, 9.17) is 0 Å². The smallest absolute Gasteiger partial charge is 0.227 e. The van der Waals surface area contributed by atoms with Crippen molar-refractivity contribution in [2.45, 2.75) is 44.6 Å². The second-order valence-corrected chi connectivity index (χ2v) is 6.54. The van der Waals surface area contributed by atoms with Gasteiger partial charge in [-0.1, -0.05) is 6.07 Å². The number of nitrogens with zero attached hydrogens (tertiary/aromatic N) is 2. The molecule has 21 heavy (non-hydrogen) atoms. The molecule has 1 aromatic rings. The molecule has 1 aromatic carbocycles. The predicted molar refractivity (Wildman–Crippen MR) is 81.9 cm³/mol. The first kappa shape index (κ1) is 14.5. The lowest BCUT2D eigenvalue weighted by molar-refractivity contribution is -0.122. The van der Waals surface area contributed by atoms with Crippen LogP contribution in [-0.4, -0.2) is 36.5 Å². The molecule has 0 atom stereocenters. The molecule has 0 aromatic heterocycles. The van der Waals surface area contributed by atoms with Gasteiger partial charge in [0.25, 0.3) is 0 Å². The minimum absolute atomic E-state index is 0.108. The largest absolute Gasteiger partial charge is 0.306 e. The molecule has 1 amide bonds. The zero-order valence-corrected chi connectivity index (χ0v) is 12.9. The standard InChI is InChI=1S/C17H23FN2O/c1-13-5-6-14(12-15(13)18)20-16(21)4-3-7-17(20)8-10-19(2)11-9-17/h5-6,12H,3-4,7-11H2,1-2H3. The van der Waals surface area contributed by atoms with Crippen molar-refractivity contribution in [1.29, 1.82) is 0 Å². The number of aryl methyl sites for hydroxylation is 1. The highest BCUT2D eigenvalue weighted by molar-refractivity contribution is 5.95. The molecule has 0 aliphatic carbocycles. The first-order valence-corrected chi connectivity index (χ1v) is 7.80. The molecule has 1 spiro atoms. The number of anilines is 1. The van der Waals surface area contributed by atoms with E-state index in [1.54, 1.807) is 13.0 Å². The van der Waals surface area contributed by atoms with E-state index in [-0.39, 0.29) is 17.3 Å². The van der Waals surface area contributed by atoms with Crippen molar-refractivity contribution >= 4 is 11.6 Å². The molecule has 0 N–H and O–H groups in total. The lowest BCUT2D eigenvalue weighted by Gasteiger charge is -2.51. The lowest BCUT2D eigenvalue weighted by atomic mass is 9.78. The SMILES string of the molecule is Cc1ccc(N2C(=O)CCCC23CCN(C)CC3)cc1F. The minimum Gasteiger partial charge on any atom is -0.306 e. The van der Waals surface area contributed by atoms with Crippen LogP contribution in [0.5, 0.6) is 0 Å². The molecule has 2 saturated heterocycles. The third-order valence-electron chi connectivity index (χ3n) is 5.09. The van der Waals surface area contributed by atoms with Crippen LogP contribution in [0.1, 0.15) is 37.7 Å². The second kappa shape index (κ2) is 5.41. The van der Waals surface area contributed by atoms with Crippen molar-refractivity contribution in [1.82, 2.24) is 4.90 Å². The summed E-state index contributed by atoms with van der Waals surface area (Å²) in [6, 6.07) is 5.19. The molecule has 114 valence electrons. The molecule has 4 heteroatoms. The Morgan fingerprint density at radius 1 is 1.19 bits per heavy atom. The molecule has 2 fully saturated rings. The molecule has 0 bridgehead atoms. The van der Waals surface area contributed by atoms with Crippen LogP contribution in [0, 0.1) is 12.7 Å². The third kappa shape index (κ3) is 2.57. The van der Waals surface area contributed by atoms with Gasteiger partial charge in [0.1, 0.15) is 5.82 Å². The number of amides is 1. The van der Waals surface area contributed by atoms with E-state index in [9.17, 15) is 9.18 Å². The second-order valence-electron chi connectivity index (χ2n) is 6.54. The molecule has 0 saturated carbocycles. The van der Waals surface area contributed by atoms with Gasteiger partial charge >= 0.3 is 0 Å². The topological polar surface area (TPSA) is 23.6 Å². The molecule has 2 aliphatic heterocycles. The number of benzene rings is 1. The Labute approximate surface area is 125 Å². The average Bonchev–Trinajstić information content (AvgIpc) is 2.46. The summed E-state index contributed by atoms with van der Waals surface area (Å²) >= 11 is 0. The van der Waals surface area contributed by atoms with Crippen LogP contribution in [0.25, 0.3) is 0 Å². The number of carbonyl (C=O) groups is 1. The third-order valence-corrected chi connectivity index (χ3v) is 5.09. The Morgan fingerprint density at radius 3 is 2.57 bits per heavy atom. The molecule has 0 unspecified atom stereocenters. The summed E-state index contributed by atoms with van der Waals surface area (Å²) in [5.41, 5.74) is 1.25. The molecular formula is C17H23FN2O. The zero-order chi connectivity index (χ0) is 15.0. The summed E-state index contributed by atoms with van der Waals surface area (Å²) in [5, 5.41) is 0. The summed E-state index contributed by atoms with van der Waals surface area (Å²) in [4.78, 5) is 16.7. The van der Waals surface area contributed by atoms with E-state index >= 15 is 0 Å². The van der Waals surface area contributed by atoms with E-state index in [2.05, 4.69) is 11.9 Å². The van der Waals surface area contributed by atoms with Gasteiger partial charge in [-0.2, -0.15) is 0 Å². The van der Waals surface area contributed by atoms with Gasteiger partial charge in [-0.25, -0.2) is 4.39 Å². The van der Waals surface area contributed by atoms with Gasteiger partial charge in [0, 0.05) is 25.2 Å². The Kier molecular flexibility index (Phi) is 3.74. The van der Waals surface area contributed by atoms with E-state index in [0.29, 0.717) is 12.0 Å². The highest BCUT2D eigenvalue weighted by Crippen LogP contribution is 2.41. The maximum atomic E-state index is 13.9. The van der Waals surface area contributed by atoms with Crippen LogP contribution in [-0.2, 0) is 4.79 Å². The van der Waals surface area contributed by atoms with Crippen LogP contribution in [0.4, 0.5) is 10.1 Å². The normalized spacial score (nSPS) is 22.8. The van der Waals surface area contributed by atoms with Crippen LogP contribution in [0.2, 0.25) is 0 Å². The molecule has 0 radical (unpaired) electrons. The summed E-state index contributed by atoms with van der Waals surface area (Å²) < 4.78 is 13.9. The lowest BCUT2D eigenvalue weighted by Crippen LogP contribution is -2.59. The van der Waals surface area contributed by atoms with Crippen molar-refractivity contribution < 1.29 is 9.18 Å². The molecule has 2 aliphatic rings. The van der Waals surface area contributed by atoms with Gasteiger partial charge in [0.2, 0.25) is 5.91 Å². The van der Waals surface area contributed by atoms with E-state index < -0.39 is 0 Å². The Balaban J connectivity index is 1.98. The predicted octanol–water partition coefficient (Wildman–Crippen LogP) is 3.12. The maximum Gasteiger partial charge on any atom is 0.227 e. The van der Waals surface area contributed by atoms with E-state index in [1.807, 2.05) is 11.0 Å². The van der Waals surface area contributed by atoms with E-state index in [0.717, 1.165) is 44.5 Å². The van der Waals surface area contributed by atoms with Crippen LogP contribution in [0.3, 0.4) is 0 Å². The molecule has 3 nitrogen and oxygen atoms in total. The fourth-order valence-corrected chi connectivity index (χ4v) is 3.70. The minimum atomic E-state index is -0.228. The zero-order valence-electron chi connectivity index (χ0n) is 12.9. The highest BCUT2D eigenvalue weighted by Gasteiger charge is 2.44. The summed E-state index contributed by atoms with van der Waals surface area (Å²) in [6.45, 7) is 3.75. The van der Waals surface area contributed by atoms with Crippen molar-refractivity contribution in [3.8, 4) is 0 Å². The van der Waals surface area contributed by atoms with Crippen LogP contribution >= 0.6 is 0 Å². The number of hydrogen-bond donors (Lipinski definition) is 0. The Morgan fingerprint density at radius 2 is 1.90 bits per heavy atom. The monoisotopic (exact) mass is 290 g/mol. The fourth-order valence-electron chi connectivity index (χ4n) is 3.70.